The summed E-state index contributed by atoms with van der Waals surface area (Å²) in [5.41, 5.74) is 0. The van der Waals surface area contributed by atoms with Gasteiger partial charge >= 0.3 is 11.9 Å². The fraction of sp³-hybridized carbons (Fsp3) is 0.933. The van der Waals surface area contributed by atoms with E-state index in [0.717, 1.165) is 38.5 Å². The molecule has 0 bridgehead atoms. The predicted molar refractivity (Wildman–Crippen MR) is 146 cm³/mol. The lowest BCUT2D eigenvalue weighted by Crippen LogP contribution is -2.45. The molecule has 0 radical (unpaired) electrons. The molecule has 37 heavy (non-hydrogen) atoms. The van der Waals surface area contributed by atoms with E-state index >= 15 is 0 Å². The van der Waals surface area contributed by atoms with Crippen LogP contribution in [0.25, 0.3) is 0 Å². The first-order valence-corrected chi connectivity index (χ1v) is 15.3. The molecule has 1 heterocycles. The highest BCUT2D eigenvalue weighted by Gasteiger charge is 2.45. The molecule has 0 aromatic rings. The normalized spacial score (nSPS) is 20.2. The molecule has 1 fully saturated rings. The number of esters is 2. The van der Waals surface area contributed by atoms with Crippen LogP contribution in [-0.4, -0.2) is 59.8 Å². The molecule has 1 aliphatic rings. The van der Waals surface area contributed by atoms with E-state index in [1.807, 2.05) is 0 Å². The first-order chi connectivity index (χ1) is 18.0. The summed E-state index contributed by atoms with van der Waals surface area (Å²) in [6.07, 6.45) is 17.6. The first-order valence-electron chi connectivity index (χ1n) is 15.3. The first kappa shape index (κ1) is 33.8. The molecule has 0 unspecified atom stereocenters. The molecule has 4 atom stereocenters. The summed E-state index contributed by atoms with van der Waals surface area (Å²) in [4.78, 5) is 24.7. The molecule has 7 nitrogen and oxygen atoms in total. The molecule has 0 amide bonds. The highest BCUT2D eigenvalue weighted by Crippen LogP contribution is 2.24. The van der Waals surface area contributed by atoms with Gasteiger partial charge in [0.05, 0.1) is 13.2 Å². The Morgan fingerprint density at radius 1 is 0.730 bits per heavy atom. The van der Waals surface area contributed by atoms with E-state index in [9.17, 15) is 19.8 Å². The van der Waals surface area contributed by atoms with Crippen LogP contribution in [0.5, 0.6) is 0 Å². The average Bonchev–Trinajstić information content (AvgIpc) is 3.24. The van der Waals surface area contributed by atoms with Crippen molar-refractivity contribution in [2.75, 3.05) is 13.2 Å². The van der Waals surface area contributed by atoms with Crippen LogP contribution < -0.4 is 0 Å². The van der Waals surface area contributed by atoms with Crippen LogP contribution in [0.4, 0.5) is 0 Å². The van der Waals surface area contributed by atoms with Crippen LogP contribution in [0.2, 0.25) is 0 Å². The number of carbonyl (C=O) groups excluding carboxylic acids is 2. The Morgan fingerprint density at radius 2 is 1.16 bits per heavy atom. The fourth-order valence-electron chi connectivity index (χ4n) is 4.89. The predicted octanol–water partition coefficient (Wildman–Crippen LogP) is 6.40. The monoisotopic (exact) mass is 528 g/mol. The number of unbranched alkanes of at least 4 members (excludes halogenated alkanes) is 16. The average molecular weight is 529 g/mol. The standard InChI is InChI=1S/C30H56O7/c1-3-5-7-9-11-13-15-17-19-21-27(33)36-26(23-31)30-29(25(32)24-35-30)37-28(34)22-20-18-16-14-12-10-8-6-4-2/h25-26,29-32H,3-24H2,1-2H3/t25-,26+,29+,30+/m0/s1. The van der Waals surface area contributed by atoms with E-state index < -0.39 is 37.0 Å². The van der Waals surface area contributed by atoms with Gasteiger partial charge in [0.2, 0.25) is 0 Å². The molecule has 1 rings (SSSR count). The number of rotatable bonds is 24. The highest BCUT2D eigenvalue weighted by molar-refractivity contribution is 5.70. The van der Waals surface area contributed by atoms with Gasteiger partial charge in [-0.15, -0.1) is 0 Å². The summed E-state index contributed by atoms with van der Waals surface area (Å²) in [7, 11) is 0. The van der Waals surface area contributed by atoms with Crippen molar-refractivity contribution >= 4 is 11.9 Å². The third-order valence-corrected chi connectivity index (χ3v) is 7.23. The minimum absolute atomic E-state index is 0.0209. The lowest BCUT2D eigenvalue weighted by Gasteiger charge is -2.27. The van der Waals surface area contributed by atoms with Gasteiger partial charge in [-0.3, -0.25) is 9.59 Å². The zero-order valence-electron chi connectivity index (χ0n) is 23.8. The Labute approximate surface area is 226 Å². The maximum atomic E-state index is 12.4. The van der Waals surface area contributed by atoms with Gasteiger partial charge in [0.1, 0.15) is 12.2 Å². The molecule has 0 saturated carbocycles. The van der Waals surface area contributed by atoms with E-state index in [1.165, 1.54) is 77.0 Å². The van der Waals surface area contributed by atoms with Crippen LogP contribution in [0.3, 0.4) is 0 Å². The van der Waals surface area contributed by atoms with Crippen molar-refractivity contribution in [3.05, 3.63) is 0 Å². The zero-order valence-corrected chi connectivity index (χ0v) is 23.8. The SMILES string of the molecule is CCCCCCCCCCCC(=O)O[C@H]1[C@@H]([C@@H](CO)OC(=O)CCCCCCCCCCC)OC[C@@H]1O. The lowest BCUT2D eigenvalue weighted by atomic mass is 10.1. The Kier molecular flexibility index (Phi) is 20.8. The van der Waals surface area contributed by atoms with Gasteiger partial charge in [-0.25, -0.2) is 0 Å². The molecule has 0 spiro atoms. The van der Waals surface area contributed by atoms with Crippen LogP contribution >= 0.6 is 0 Å². The van der Waals surface area contributed by atoms with Gasteiger partial charge in [-0.05, 0) is 12.8 Å². The molecule has 0 aromatic carbocycles. The van der Waals surface area contributed by atoms with Crippen LogP contribution in [0.1, 0.15) is 142 Å². The zero-order chi connectivity index (χ0) is 27.1. The Balaban J connectivity index is 2.25. The van der Waals surface area contributed by atoms with Gasteiger partial charge in [-0.1, -0.05) is 117 Å². The second-order valence-electron chi connectivity index (χ2n) is 10.7. The van der Waals surface area contributed by atoms with Crippen molar-refractivity contribution in [3.8, 4) is 0 Å². The number of aliphatic hydroxyl groups excluding tert-OH is 2. The molecule has 0 aliphatic carbocycles. The van der Waals surface area contributed by atoms with E-state index in [4.69, 9.17) is 14.2 Å². The molecule has 1 saturated heterocycles. The van der Waals surface area contributed by atoms with E-state index in [0.29, 0.717) is 0 Å². The second kappa shape index (κ2) is 22.8. The fourth-order valence-corrected chi connectivity index (χ4v) is 4.89. The maximum absolute atomic E-state index is 12.4. The van der Waals surface area contributed by atoms with Crippen LogP contribution in [0, 0.1) is 0 Å². The highest BCUT2D eigenvalue weighted by atomic mass is 16.6. The van der Waals surface area contributed by atoms with Crippen molar-refractivity contribution < 1.29 is 34.0 Å². The summed E-state index contributed by atoms with van der Waals surface area (Å²) in [6, 6.07) is 0. The molecular weight excluding hydrogens is 472 g/mol. The van der Waals surface area contributed by atoms with E-state index in [-0.39, 0.29) is 25.4 Å². The summed E-state index contributed by atoms with van der Waals surface area (Å²) < 4.78 is 16.5. The van der Waals surface area contributed by atoms with Crippen molar-refractivity contribution in [1.29, 1.82) is 0 Å². The maximum Gasteiger partial charge on any atom is 0.306 e. The largest absolute Gasteiger partial charge is 0.457 e. The topological polar surface area (TPSA) is 102 Å². The molecular formula is C30H56O7. The number of carbonyl (C=O) groups is 2. The van der Waals surface area contributed by atoms with Crippen molar-refractivity contribution in [2.24, 2.45) is 0 Å². The van der Waals surface area contributed by atoms with Crippen LogP contribution in [-0.2, 0) is 23.8 Å². The van der Waals surface area contributed by atoms with Gasteiger partial charge < -0.3 is 24.4 Å². The Bertz CT molecular complexity index is 568. The van der Waals surface area contributed by atoms with Gasteiger partial charge in [0.15, 0.2) is 12.2 Å². The lowest BCUT2D eigenvalue weighted by molar-refractivity contribution is -0.171. The van der Waals surface area contributed by atoms with Gasteiger partial charge in [0, 0.05) is 12.8 Å². The smallest absolute Gasteiger partial charge is 0.306 e. The molecule has 7 heteroatoms. The summed E-state index contributed by atoms with van der Waals surface area (Å²) in [6.45, 7) is 3.96. The summed E-state index contributed by atoms with van der Waals surface area (Å²) in [5, 5.41) is 20.1. The van der Waals surface area contributed by atoms with Gasteiger partial charge in [-0.2, -0.15) is 0 Å². The summed E-state index contributed by atoms with van der Waals surface area (Å²) >= 11 is 0. The number of ether oxygens (including phenoxy) is 3. The number of hydrogen-bond donors (Lipinski definition) is 2. The minimum atomic E-state index is -0.998. The molecule has 1 aliphatic heterocycles. The number of aliphatic hydroxyl groups is 2. The third-order valence-electron chi connectivity index (χ3n) is 7.23. The molecule has 218 valence electrons. The molecule has 0 aromatic heterocycles. The number of hydrogen-bond acceptors (Lipinski definition) is 7. The minimum Gasteiger partial charge on any atom is -0.457 e. The second-order valence-corrected chi connectivity index (χ2v) is 10.7. The van der Waals surface area contributed by atoms with E-state index in [1.54, 1.807) is 0 Å². The summed E-state index contributed by atoms with van der Waals surface area (Å²) in [5.74, 6) is -0.785. The van der Waals surface area contributed by atoms with Crippen molar-refractivity contribution in [3.63, 3.8) is 0 Å². The Hall–Kier alpha value is -1.18. The van der Waals surface area contributed by atoms with E-state index in [2.05, 4.69) is 13.8 Å². The van der Waals surface area contributed by atoms with Gasteiger partial charge in [0.25, 0.3) is 0 Å². The Morgan fingerprint density at radius 3 is 1.62 bits per heavy atom. The van der Waals surface area contributed by atoms with Crippen molar-refractivity contribution in [2.45, 2.75) is 167 Å². The molecule has 2 N–H and O–H groups in total. The third kappa shape index (κ3) is 16.4. The quantitative estimate of drug-likeness (QED) is 0.110. The van der Waals surface area contributed by atoms with Crippen molar-refractivity contribution in [1.82, 2.24) is 0 Å². The van der Waals surface area contributed by atoms with Crippen LogP contribution in [0.15, 0.2) is 0 Å².